The van der Waals surface area contributed by atoms with Crippen LogP contribution in [0.25, 0.3) is 0 Å². The number of carbonyl (C=O) groups excluding carboxylic acids is 2. The van der Waals surface area contributed by atoms with Crippen molar-refractivity contribution in [3.63, 3.8) is 0 Å². The number of ether oxygens (including phenoxy) is 1. The van der Waals surface area contributed by atoms with Crippen LogP contribution in [-0.4, -0.2) is 27.1 Å². The molecule has 0 atom stereocenters. The van der Waals surface area contributed by atoms with Crippen LogP contribution >= 0.6 is 0 Å². The lowest BCUT2D eigenvalue weighted by atomic mass is 10.1. The number of sulfonamides is 1. The van der Waals surface area contributed by atoms with Gasteiger partial charge in [0.15, 0.2) is 0 Å². The van der Waals surface area contributed by atoms with Crippen molar-refractivity contribution in [3.05, 3.63) is 29.3 Å². The third kappa shape index (κ3) is 3.67. The van der Waals surface area contributed by atoms with Gasteiger partial charge in [-0.2, -0.15) is 21.6 Å². The van der Waals surface area contributed by atoms with Gasteiger partial charge in [0, 0.05) is 0 Å². The van der Waals surface area contributed by atoms with Crippen molar-refractivity contribution in [1.29, 1.82) is 0 Å². The van der Waals surface area contributed by atoms with Gasteiger partial charge >= 0.3 is 12.1 Å². The highest BCUT2D eigenvalue weighted by molar-refractivity contribution is 7.90. The van der Waals surface area contributed by atoms with E-state index in [9.17, 15) is 31.2 Å². The summed E-state index contributed by atoms with van der Waals surface area (Å²) in [5, 5.41) is 0. The van der Waals surface area contributed by atoms with E-state index >= 15 is 0 Å². The van der Waals surface area contributed by atoms with Crippen molar-refractivity contribution in [2.24, 2.45) is 4.40 Å². The summed E-state index contributed by atoms with van der Waals surface area (Å²) >= 11 is 0. The molecule has 0 aliphatic carbocycles. The van der Waals surface area contributed by atoms with Gasteiger partial charge in [-0.05, 0) is 19.1 Å². The molecule has 0 N–H and O–H groups in total. The summed E-state index contributed by atoms with van der Waals surface area (Å²) in [4.78, 5) is 20.3. The minimum absolute atomic E-state index is 0.175. The van der Waals surface area contributed by atoms with Gasteiger partial charge in [0.2, 0.25) is 0 Å². The number of rotatable bonds is 4. The lowest BCUT2D eigenvalue weighted by Crippen LogP contribution is -2.18. The average Bonchev–Trinajstić information content (AvgIpc) is 2.37. The molecule has 21 heavy (non-hydrogen) atoms. The highest BCUT2D eigenvalue weighted by Gasteiger charge is 2.40. The zero-order valence-electron chi connectivity index (χ0n) is 10.5. The predicted octanol–water partition coefficient (Wildman–Crippen LogP) is 1.91. The van der Waals surface area contributed by atoms with Crippen LogP contribution in [0, 0.1) is 0 Å². The fraction of sp³-hybridized carbons (Fsp3) is 0.273. The van der Waals surface area contributed by atoms with Crippen LogP contribution < -0.4 is 0 Å². The molecule has 1 rings (SSSR count). The summed E-state index contributed by atoms with van der Waals surface area (Å²) in [7, 11) is -5.04. The van der Waals surface area contributed by atoms with Gasteiger partial charge in [0.05, 0.1) is 17.7 Å². The maximum atomic E-state index is 12.9. The van der Waals surface area contributed by atoms with Crippen molar-refractivity contribution in [2.75, 3.05) is 6.61 Å². The Kier molecular flexibility index (Phi) is 4.87. The normalized spacial score (nSPS) is 11.6. The first-order valence-electron chi connectivity index (χ1n) is 5.36. The van der Waals surface area contributed by atoms with Crippen LogP contribution in [0.15, 0.2) is 27.5 Å². The van der Waals surface area contributed by atoms with Crippen LogP contribution in [0.1, 0.15) is 22.8 Å². The van der Waals surface area contributed by atoms with E-state index in [0.717, 1.165) is 12.1 Å². The monoisotopic (exact) mass is 323 g/mol. The van der Waals surface area contributed by atoms with E-state index in [1.165, 1.54) is 6.92 Å². The molecule has 6 nitrogen and oxygen atoms in total. The molecule has 114 valence electrons. The quantitative estimate of drug-likeness (QED) is 0.479. The number of isocyanates is 1. The molecule has 1 aromatic carbocycles. The molecule has 0 saturated carbocycles. The number of benzene rings is 1. The topological polar surface area (TPSA) is 89.9 Å². The van der Waals surface area contributed by atoms with Crippen LogP contribution in [0.3, 0.4) is 0 Å². The Labute approximate surface area is 117 Å². The van der Waals surface area contributed by atoms with Crippen molar-refractivity contribution >= 4 is 22.1 Å². The number of esters is 1. The molecule has 0 unspecified atom stereocenters. The molecular formula is C11H8F3NO5S. The smallest absolute Gasteiger partial charge is 0.417 e. The largest absolute Gasteiger partial charge is 0.462 e. The Balaban J connectivity index is 3.77. The molecule has 0 bridgehead atoms. The van der Waals surface area contributed by atoms with Gasteiger partial charge in [-0.3, -0.25) is 0 Å². The van der Waals surface area contributed by atoms with Crippen LogP contribution in [0.2, 0.25) is 0 Å². The van der Waals surface area contributed by atoms with E-state index in [1.54, 1.807) is 0 Å². The van der Waals surface area contributed by atoms with Gasteiger partial charge in [-0.25, -0.2) is 9.59 Å². The molecule has 0 radical (unpaired) electrons. The van der Waals surface area contributed by atoms with E-state index in [1.807, 2.05) is 0 Å². The number of carbonyl (C=O) groups is 1. The van der Waals surface area contributed by atoms with Gasteiger partial charge in [0.1, 0.15) is 4.90 Å². The molecular weight excluding hydrogens is 315 g/mol. The molecule has 0 fully saturated rings. The SMILES string of the molecule is CCOC(=O)c1cccc(C(F)(F)F)c1S(=O)(=O)N=C=O. The summed E-state index contributed by atoms with van der Waals surface area (Å²) in [6.07, 6.45) is -4.42. The molecule has 0 aliphatic heterocycles. The molecule has 0 spiro atoms. The molecule has 0 heterocycles. The standard InChI is InChI=1S/C11H8F3NO5S/c1-2-20-10(17)7-4-3-5-8(11(12,13)14)9(7)21(18,19)15-6-16/h3-5H,2H2,1H3. The van der Waals surface area contributed by atoms with Crippen LogP contribution in [0.5, 0.6) is 0 Å². The second kappa shape index (κ2) is 6.06. The molecule has 0 aliphatic rings. The molecule has 0 amide bonds. The third-order valence-corrected chi connectivity index (χ3v) is 3.50. The van der Waals surface area contributed by atoms with Crippen LogP contribution in [0.4, 0.5) is 13.2 Å². The van der Waals surface area contributed by atoms with Gasteiger partial charge in [-0.1, -0.05) is 10.5 Å². The summed E-state index contributed by atoms with van der Waals surface area (Å²) in [5.74, 6) is -1.27. The minimum atomic E-state index is -5.07. The van der Waals surface area contributed by atoms with Crippen LogP contribution in [-0.2, 0) is 25.7 Å². The molecule has 0 aromatic heterocycles. The van der Waals surface area contributed by atoms with Gasteiger partial charge in [0.25, 0.3) is 16.1 Å². The first-order chi connectivity index (χ1) is 9.65. The first-order valence-corrected chi connectivity index (χ1v) is 6.80. The van der Waals surface area contributed by atoms with E-state index in [4.69, 9.17) is 0 Å². The van der Waals surface area contributed by atoms with Gasteiger partial charge in [-0.15, -0.1) is 0 Å². The van der Waals surface area contributed by atoms with Gasteiger partial charge < -0.3 is 4.74 Å². The average molecular weight is 323 g/mol. The zero-order chi connectivity index (χ0) is 16.3. The Hall–Kier alpha value is -2.19. The molecule has 0 saturated heterocycles. The van der Waals surface area contributed by atoms with Crippen molar-refractivity contribution in [2.45, 2.75) is 18.0 Å². The zero-order valence-corrected chi connectivity index (χ0v) is 11.3. The highest BCUT2D eigenvalue weighted by atomic mass is 32.2. The third-order valence-electron chi connectivity index (χ3n) is 2.23. The summed E-state index contributed by atoms with van der Waals surface area (Å²) < 4.78 is 68.9. The van der Waals surface area contributed by atoms with Crippen molar-refractivity contribution in [3.8, 4) is 0 Å². The molecule has 10 heteroatoms. The predicted molar refractivity (Wildman–Crippen MR) is 62.7 cm³/mol. The first kappa shape index (κ1) is 16.9. The summed E-state index contributed by atoms with van der Waals surface area (Å²) in [5.41, 5.74) is -2.47. The fourth-order valence-corrected chi connectivity index (χ4v) is 2.58. The second-order valence-corrected chi connectivity index (χ2v) is 5.10. The Morgan fingerprint density at radius 3 is 2.48 bits per heavy atom. The van der Waals surface area contributed by atoms with Crippen molar-refractivity contribution < 1.29 is 35.9 Å². The maximum absolute atomic E-state index is 12.9. The fourth-order valence-electron chi connectivity index (χ4n) is 1.50. The Morgan fingerprint density at radius 2 is 2.00 bits per heavy atom. The number of nitrogens with zero attached hydrogens (tertiary/aromatic N) is 1. The number of halogens is 3. The Bertz CT molecular complexity index is 705. The van der Waals surface area contributed by atoms with E-state index < -0.39 is 38.2 Å². The molecule has 1 aromatic rings. The second-order valence-electron chi connectivity index (χ2n) is 3.56. The van der Waals surface area contributed by atoms with E-state index in [0.29, 0.717) is 12.1 Å². The number of alkyl halides is 3. The lowest BCUT2D eigenvalue weighted by molar-refractivity contribution is -0.139. The number of hydrogen-bond acceptors (Lipinski definition) is 5. The van der Waals surface area contributed by atoms with E-state index in [2.05, 4.69) is 9.13 Å². The Morgan fingerprint density at radius 1 is 1.38 bits per heavy atom. The summed E-state index contributed by atoms with van der Waals surface area (Å²) in [6.45, 7) is 1.22. The number of hydrogen-bond donors (Lipinski definition) is 0. The maximum Gasteiger partial charge on any atom is 0.417 e. The lowest BCUT2D eigenvalue weighted by Gasteiger charge is -2.14. The minimum Gasteiger partial charge on any atom is -0.462 e. The highest BCUT2D eigenvalue weighted by Crippen LogP contribution is 2.36. The van der Waals surface area contributed by atoms with Crippen molar-refractivity contribution in [1.82, 2.24) is 0 Å². The van der Waals surface area contributed by atoms with E-state index in [-0.39, 0.29) is 6.61 Å². The summed E-state index contributed by atoms with van der Waals surface area (Å²) in [6, 6.07) is 2.13.